The number of nitrogens with zero attached hydrogens (tertiary/aromatic N) is 4. The third kappa shape index (κ3) is 4.18. The van der Waals surface area contributed by atoms with Crippen LogP contribution in [-0.2, 0) is 11.4 Å². The second-order valence-electron chi connectivity index (χ2n) is 7.65. The summed E-state index contributed by atoms with van der Waals surface area (Å²) in [6.07, 6.45) is 0. The van der Waals surface area contributed by atoms with Crippen LogP contribution in [0.25, 0.3) is 0 Å². The first kappa shape index (κ1) is 20.4. The van der Waals surface area contributed by atoms with Gasteiger partial charge in [-0.25, -0.2) is 0 Å². The van der Waals surface area contributed by atoms with E-state index in [0.29, 0.717) is 35.3 Å². The highest BCUT2D eigenvalue weighted by molar-refractivity contribution is 6.06. The molecular weight excluding hydrogens is 416 g/mol. The molecule has 0 bridgehead atoms. The van der Waals surface area contributed by atoms with Crippen molar-refractivity contribution < 1.29 is 9.53 Å². The number of amides is 1. The van der Waals surface area contributed by atoms with Crippen LogP contribution in [-0.4, -0.2) is 26.1 Å². The molecule has 2 heterocycles. The quantitative estimate of drug-likeness (QED) is 0.469. The Morgan fingerprint density at radius 3 is 2.48 bits per heavy atom. The number of carbonyl (C=O) groups is 1. The van der Waals surface area contributed by atoms with Gasteiger partial charge in [0.1, 0.15) is 18.4 Å². The number of aromatic nitrogens is 4. The Morgan fingerprint density at radius 2 is 1.70 bits per heavy atom. The van der Waals surface area contributed by atoms with Crippen molar-refractivity contribution in [2.45, 2.75) is 19.6 Å². The molecule has 0 radical (unpaired) electrons. The summed E-state index contributed by atoms with van der Waals surface area (Å²) in [6.45, 7) is 2.25. The summed E-state index contributed by atoms with van der Waals surface area (Å²) < 4.78 is 7.80. The van der Waals surface area contributed by atoms with E-state index < -0.39 is 6.04 Å². The van der Waals surface area contributed by atoms with Gasteiger partial charge in [-0.15, -0.1) is 0 Å². The van der Waals surface area contributed by atoms with E-state index in [-0.39, 0.29) is 5.91 Å². The minimum Gasteiger partial charge on any atom is -0.489 e. The lowest BCUT2D eigenvalue weighted by atomic mass is 9.94. The van der Waals surface area contributed by atoms with Gasteiger partial charge in [-0.05, 0) is 41.1 Å². The number of allylic oxidation sites excluding steroid dienone is 1. The summed E-state index contributed by atoms with van der Waals surface area (Å²) in [5, 5.41) is 18.2. The highest BCUT2D eigenvalue weighted by Crippen LogP contribution is 2.39. The van der Waals surface area contributed by atoms with Gasteiger partial charge in [-0.3, -0.25) is 4.79 Å². The van der Waals surface area contributed by atoms with Crippen LogP contribution in [0.2, 0.25) is 0 Å². The molecule has 8 nitrogen and oxygen atoms in total. The van der Waals surface area contributed by atoms with E-state index in [1.165, 1.54) is 0 Å². The minimum atomic E-state index is -0.563. The number of hydrogen-bond donors (Lipinski definition) is 2. The Kier molecular flexibility index (Phi) is 5.55. The molecule has 8 heteroatoms. The van der Waals surface area contributed by atoms with Crippen LogP contribution in [0, 0.1) is 0 Å². The lowest BCUT2D eigenvalue weighted by molar-refractivity contribution is -0.113. The number of tetrazole rings is 1. The Balaban J connectivity index is 1.53. The van der Waals surface area contributed by atoms with Crippen LogP contribution < -0.4 is 15.4 Å². The van der Waals surface area contributed by atoms with Gasteiger partial charge < -0.3 is 15.4 Å². The molecule has 5 rings (SSSR count). The number of anilines is 2. The molecule has 1 unspecified atom stereocenters. The normalized spacial score (nSPS) is 14.9. The van der Waals surface area contributed by atoms with Gasteiger partial charge in [-0.2, -0.15) is 4.68 Å². The van der Waals surface area contributed by atoms with Crippen molar-refractivity contribution in [3.05, 3.63) is 107 Å². The van der Waals surface area contributed by atoms with E-state index in [0.717, 1.165) is 11.1 Å². The fourth-order valence-corrected chi connectivity index (χ4v) is 3.89. The number of ether oxygens (including phenoxy) is 1. The zero-order valence-electron chi connectivity index (χ0n) is 18.0. The second kappa shape index (κ2) is 8.96. The van der Waals surface area contributed by atoms with Gasteiger partial charge in [0, 0.05) is 16.9 Å². The molecular formula is C25H22N6O2. The fourth-order valence-electron chi connectivity index (χ4n) is 3.89. The standard InChI is InChI=1S/C25H22N6O2/c1-17-22(24(32)27-19-12-6-3-7-13-19)23(31-25(26-17)28-29-30-31)20-14-8-9-15-21(20)33-16-18-10-4-2-5-11-18/h2-15,23H,16H2,1H3,(H,27,32)(H,26,28,30). The van der Waals surface area contributed by atoms with Gasteiger partial charge in [-0.1, -0.05) is 71.8 Å². The van der Waals surface area contributed by atoms with Gasteiger partial charge in [0.15, 0.2) is 0 Å². The van der Waals surface area contributed by atoms with Gasteiger partial charge >= 0.3 is 0 Å². The van der Waals surface area contributed by atoms with Crippen LogP contribution in [0.3, 0.4) is 0 Å². The molecule has 4 aromatic rings. The minimum absolute atomic E-state index is 0.241. The highest BCUT2D eigenvalue weighted by Gasteiger charge is 2.35. The van der Waals surface area contributed by atoms with Crippen LogP contribution >= 0.6 is 0 Å². The van der Waals surface area contributed by atoms with Crippen molar-refractivity contribution in [3.63, 3.8) is 0 Å². The van der Waals surface area contributed by atoms with Gasteiger partial charge in [0.2, 0.25) is 5.95 Å². The summed E-state index contributed by atoms with van der Waals surface area (Å²) in [5.74, 6) is 0.884. The first-order valence-electron chi connectivity index (χ1n) is 10.6. The van der Waals surface area contributed by atoms with Crippen LogP contribution in [0.5, 0.6) is 5.75 Å². The molecule has 1 aliphatic heterocycles. The lowest BCUT2D eigenvalue weighted by Gasteiger charge is -2.29. The van der Waals surface area contributed by atoms with Crippen molar-refractivity contribution >= 4 is 17.5 Å². The van der Waals surface area contributed by atoms with Crippen LogP contribution in [0.15, 0.2) is 96.2 Å². The van der Waals surface area contributed by atoms with E-state index in [1.54, 1.807) is 4.68 Å². The smallest absolute Gasteiger partial charge is 0.255 e. The Labute approximate surface area is 190 Å². The molecule has 0 aliphatic carbocycles. The molecule has 0 spiro atoms. The van der Waals surface area contributed by atoms with E-state index in [4.69, 9.17) is 4.74 Å². The second-order valence-corrected chi connectivity index (χ2v) is 7.65. The van der Waals surface area contributed by atoms with Crippen molar-refractivity contribution in [1.82, 2.24) is 20.2 Å². The zero-order valence-corrected chi connectivity index (χ0v) is 18.0. The maximum Gasteiger partial charge on any atom is 0.255 e. The average molecular weight is 438 g/mol. The van der Waals surface area contributed by atoms with Crippen molar-refractivity contribution in [2.24, 2.45) is 0 Å². The maximum atomic E-state index is 13.5. The molecule has 1 aliphatic rings. The molecule has 1 atom stereocenters. The topological polar surface area (TPSA) is 94.0 Å². The van der Waals surface area contributed by atoms with Crippen LogP contribution in [0.4, 0.5) is 11.6 Å². The number of hydrogen-bond acceptors (Lipinski definition) is 6. The van der Waals surface area contributed by atoms with E-state index in [2.05, 4.69) is 26.2 Å². The first-order chi connectivity index (χ1) is 16.2. The largest absolute Gasteiger partial charge is 0.489 e. The first-order valence-corrected chi connectivity index (χ1v) is 10.6. The molecule has 0 saturated heterocycles. The van der Waals surface area contributed by atoms with E-state index >= 15 is 0 Å². The van der Waals surface area contributed by atoms with E-state index in [1.807, 2.05) is 91.9 Å². The number of fused-ring (bicyclic) bond motifs is 1. The SMILES string of the molecule is CC1=C(C(=O)Nc2ccccc2)C(c2ccccc2OCc2ccccc2)n2nnnc2N1. The summed E-state index contributed by atoms with van der Waals surface area (Å²) in [4.78, 5) is 13.5. The molecule has 3 aromatic carbocycles. The average Bonchev–Trinajstić information content (AvgIpc) is 3.31. The highest BCUT2D eigenvalue weighted by atomic mass is 16.5. The number of nitrogens with one attached hydrogen (secondary N) is 2. The molecule has 2 N–H and O–H groups in total. The van der Waals surface area contributed by atoms with Crippen molar-refractivity contribution in [3.8, 4) is 5.75 Å². The molecule has 1 aromatic heterocycles. The van der Waals surface area contributed by atoms with Gasteiger partial charge in [0.05, 0.1) is 5.57 Å². The Morgan fingerprint density at radius 1 is 1.00 bits per heavy atom. The number of benzene rings is 3. The molecule has 0 fully saturated rings. The Bertz CT molecular complexity index is 1300. The van der Waals surface area contributed by atoms with Crippen molar-refractivity contribution in [2.75, 3.05) is 10.6 Å². The summed E-state index contributed by atoms with van der Waals surface area (Å²) in [7, 11) is 0. The maximum absolute atomic E-state index is 13.5. The number of rotatable bonds is 6. The third-order valence-corrected chi connectivity index (χ3v) is 5.44. The summed E-state index contributed by atoms with van der Waals surface area (Å²) in [6, 6.07) is 26.4. The van der Waals surface area contributed by atoms with Crippen molar-refractivity contribution in [1.29, 1.82) is 0 Å². The zero-order chi connectivity index (χ0) is 22.6. The van der Waals surface area contributed by atoms with Crippen LogP contribution in [0.1, 0.15) is 24.1 Å². The molecule has 164 valence electrons. The Hall–Kier alpha value is -4.46. The predicted molar refractivity (Wildman–Crippen MR) is 125 cm³/mol. The number of para-hydroxylation sites is 2. The molecule has 0 saturated carbocycles. The summed E-state index contributed by atoms with van der Waals surface area (Å²) in [5.41, 5.74) is 3.73. The predicted octanol–water partition coefficient (Wildman–Crippen LogP) is 4.18. The lowest BCUT2D eigenvalue weighted by Crippen LogP contribution is -2.31. The summed E-state index contributed by atoms with van der Waals surface area (Å²) >= 11 is 0. The van der Waals surface area contributed by atoms with Gasteiger partial charge in [0.25, 0.3) is 5.91 Å². The van der Waals surface area contributed by atoms with E-state index in [9.17, 15) is 4.79 Å². The molecule has 33 heavy (non-hydrogen) atoms. The number of carbonyl (C=O) groups excluding carboxylic acids is 1. The monoisotopic (exact) mass is 438 g/mol. The fraction of sp³-hybridized carbons (Fsp3) is 0.120. The molecule has 1 amide bonds. The third-order valence-electron chi connectivity index (χ3n) is 5.44.